The molecular formula is C13H22O10. The predicted octanol–water partition coefficient (Wildman–Crippen LogP) is -3.16. The van der Waals surface area contributed by atoms with Crippen LogP contribution in [0.3, 0.4) is 0 Å². The summed E-state index contributed by atoms with van der Waals surface area (Å²) in [7, 11) is 0. The van der Waals surface area contributed by atoms with Gasteiger partial charge < -0.3 is 44.5 Å². The Balaban J connectivity index is 2.12. The van der Waals surface area contributed by atoms with Gasteiger partial charge in [0.25, 0.3) is 0 Å². The molecule has 0 aromatic heterocycles. The van der Waals surface area contributed by atoms with Crippen molar-refractivity contribution in [3.63, 3.8) is 0 Å². The van der Waals surface area contributed by atoms with Crippen molar-refractivity contribution in [2.75, 3.05) is 6.61 Å². The summed E-state index contributed by atoms with van der Waals surface area (Å²) < 4.78 is 20.5. The molecule has 0 bridgehead atoms. The van der Waals surface area contributed by atoms with Crippen LogP contribution in [0.4, 0.5) is 0 Å². The van der Waals surface area contributed by atoms with E-state index >= 15 is 0 Å². The fourth-order valence-electron chi connectivity index (χ4n) is 2.53. The number of carbonyl (C=O) groups excluding carboxylic acids is 1. The first-order chi connectivity index (χ1) is 10.7. The van der Waals surface area contributed by atoms with E-state index < -0.39 is 61.3 Å². The quantitative estimate of drug-likeness (QED) is 0.333. The summed E-state index contributed by atoms with van der Waals surface area (Å²) >= 11 is 0. The van der Waals surface area contributed by atoms with Gasteiger partial charge in [-0.1, -0.05) is 0 Å². The first kappa shape index (κ1) is 18.5. The molecule has 2 rings (SSSR count). The minimum atomic E-state index is -1.61. The maximum absolute atomic E-state index is 11.1. The second-order valence-corrected chi connectivity index (χ2v) is 5.65. The molecule has 10 nitrogen and oxygen atoms in total. The highest BCUT2D eigenvalue weighted by Gasteiger charge is 2.48. The lowest BCUT2D eigenvalue weighted by molar-refractivity contribution is -0.348. The van der Waals surface area contributed by atoms with Crippen molar-refractivity contribution >= 4 is 5.97 Å². The first-order valence-electron chi connectivity index (χ1n) is 7.22. The number of ether oxygens (including phenoxy) is 4. The van der Waals surface area contributed by atoms with Crippen LogP contribution < -0.4 is 0 Å². The van der Waals surface area contributed by atoms with Crippen molar-refractivity contribution in [1.82, 2.24) is 0 Å². The van der Waals surface area contributed by atoms with Crippen LogP contribution in [-0.4, -0.2) is 93.4 Å². The molecule has 2 saturated heterocycles. The molecule has 0 aromatic carbocycles. The largest absolute Gasteiger partial charge is 0.457 e. The summed E-state index contributed by atoms with van der Waals surface area (Å²) in [5.74, 6) is -0.703. The zero-order chi connectivity index (χ0) is 17.3. The van der Waals surface area contributed by atoms with Gasteiger partial charge in [0.2, 0.25) is 0 Å². The van der Waals surface area contributed by atoms with E-state index in [0.29, 0.717) is 0 Å². The average molecular weight is 338 g/mol. The Morgan fingerprint density at radius 1 is 1.04 bits per heavy atom. The van der Waals surface area contributed by atoms with Gasteiger partial charge in [-0.15, -0.1) is 0 Å². The Morgan fingerprint density at radius 3 is 2.30 bits per heavy atom. The summed E-state index contributed by atoms with van der Waals surface area (Å²) in [6.07, 6.45) is -12.1. The second-order valence-electron chi connectivity index (χ2n) is 5.65. The van der Waals surface area contributed by atoms with Crippen LogP contribution in [0.2, 0.25) is 0 Å². The van der Waals surface area contributed by atoms with E-state index in [1.54, 1.807) is 0 Å². The lowest BCUT2D eigenvalue weighted by atomic mass is 9.99. The number of rotatable bonds is 3. The second kappa shape index (κ2) is 7.36. The molecule has 0 saturated carbocycles. The smallest absolute Gasteiger partial charge is 0.303 e. The van der Waals surface area contributed by atoms with E-state index in [-0.39, 0.29) is 6.61 Å². The van der Waals surface area contributed by atoms with Crippen molar-refractivity contribution in [3.8, 4) is 0 Å². The van der Waals surface area contributed by atoms with Gasteiger partial charge in [-0.3, -0.25) is 4.79 Å². The Hall–Kier alpha value is -0.850. The van der Waals surface area contributed by atoms with Crippen molar-refractivity contribution in [1.29, 1.82) is 0 Å². The number of hydrogen-bond donors (Lipinski definition) is 5. The highest BCUT2D eigenvalue weighted by Crippen LogP contribution is 2.27. The molecule has 0 spiro atoms. The summed E-state index contributed by atoms with van der Waals surface area (Å²) in [5.41, 5.74) is 0. The summed E-state index contributed by atoms with van der Waals surface area (Å²) in [6, 6.07) is 0. The third-order valence-electron chi connectivity index (χ3n) is 3.82. The SMILES string of the molecule is CC(=O)O[C@@H]1[C@@H](O[C@@H]2O[C@@H](C)[C@H](O)[C@@H](O)[C@H]2O)[C@H](O)OC[C@H]1O. The van der Waals surface area contributed by atoms with Gasteiger partial charge in [0.15, 0.2) is 24.8 Å². The van der Waals surface area contributed by atoms with Gasteiger partial charge in [0.1, 0.15) is 24.4 Å². The molecular weight excluding hydrogens is 316 g/mol. The zero-order valence-electron chi connectivity index (χ0n) is 12.7. The third-order valence-corrected chi connectivity index (χ3v) is 3.82. The molecule has 0 unspecified atom stereocenters. The normalized spacial score (nSPS) is 48.0. The van der Waals surface area contributed by atoms with E-state index in [9.17, 15) is 30.3 Å². The van der Waals surface area contributed by atoms with Crippen molar-refractivity contribution < 1.29 is 49.3 Å². The van der Waals surface area contributed by atoms with E-state index in [0.717, 1.165) is 6.92 Å². The number of aliphatic hydroxyl groups is 5. The molecule has 2 heterocycles. The number of hydrogen-bond acceptors (Lipinski definition) is 10. The molecule has 5 N–H and O–H groups in total. The standard InChI is InChI=1S/C13H22O10/c1-4-7(16)8(17)9(18)13(21-4)23-11-10(22-5(2)14)6(15)3-20-12(11)19/h4,6-13,15-19H,3H2,1-2H3/t4-,6+,7-,8+,9+,10-,11+,12+,13-/m0/s1. The van der Waals surface area contributed by atoms with Crippen LogP contribution in [0.5, 0.6) is 0 Å². The fourth-order valence-corrected chi connectivity index (χ4v) is 2.53. The van der Waals surface area contributed by atoms with Crippen LogP contribution in [0.25, 0.3) is 0 Å². The van der Waals surface area contributed by atoms with Gasteiger partial charge in [0, 0.05) is 6.92 Å². The predicted molar refractivity (Wildman–Crippen MR) is 70.7 cm³/mol. The van der Waals surface area contributed by atoms with Gasteiger partial charge in [-0.25, -0.2) is 0 Å². The van der Waals surface area contributed by atoms with E-state index in [2.05, 4.69) is 0 Å². The Bertz CT molecular complexity index is 418. The summed E-state index contributed by atoms with van der Waals surface area (Å²) in [5, 5.41) is 49.0. The summed E-state index contributed by atoms with van der Waals surface area (Å²) in [4.78, 5) is 11.1. The number of esters is 1. The van der Waals surface area contributed by atoms with Crippen molar-refractivity contribution in [2.24, 2.45) is 0 Å². The maximum Gasteiger partial charge on any atom is 0.303 e. The molecule has 0 aliphatic carbocycles. The number of aliphatic hydroxyl groups excluding tert-OH is 5. The van der Waals surface area contributed by atoms with Gasteiger partial charge in [-0.05, 0) is 6.92 Å². The first-order valence-corrected chi connectivity index (χ1v) is 7.22. The molecule has 9 atom stereocenters. The molecule has 23 heavy (non-hydrogen) atoms. The van der Waals surface area contributed by atoms with Crippen LogP contribution in [0.1, 0.15) is 13.8 Å². The molecule has 10 heteroatoms. The van der Waals surface area contributed by atoms with E-state index in [1.165, 1.54) is 6.92 Å². The molecule has 2 aliphatic heterocycles. The molecule has 2 fully saturated rings. The third kappa shape index (κ3) is 3.98. The Labute approximate surface area is 132 Å². The highest BCUT2D eigenvalue weighted by atomic mass is 16.7. The van der Waals surface area contributed by atoms with Crippen molar-refractivity contribution in [3.05, 3.63) is 0 Å². The average Bonchev–Trinajstić information content (AvgIpc) is 2.49. The van der Waals surface area contributed by atoms with Crippen LogP contribution in [-0.2, 0) is 23.7 Å². The van der Waals surface area contributed by atoms with Crippen LogP contribution in [0, 0.1) is 0 Å². The molecule has 0 amide bonds. The molecule has 2 aliphatic rings. The van der Waals surface area contributed by atoms with Gasteiger partial charge in [-0.2, -0.15) is 0 Å². The Kier molecular flexibility index (Phi) is 5.92. The lowest BCUT2D eigenvalue weighted by Gasteiger charge is -2.43. The topological polar surface area (TPSA) is 155 Å². The zero-order valence-corrected chi connectivity index (χ0v) is 12.7. The maximum atomic E-state index is 11.1. The van der Waals surface area contributed by atoms with E-state index in [4.69, 9.17) is 18.9 Å². The minimum absolute atomic E-state index is 0.273. The van der Waals surface area contributed by atoms with Gasteiger partial charge in [0.05, 0.1) is 12.7 Å². The van der Waals surface area contributed by atoms with Gasteiger partial charge >= 0.3 is 5.97 Å². The van der Waals surface area contributed by atoms with Crippen LogP contribution in [0.15, 0.2) is 0 Å². The van der Waals surface area contributed by atoms with E-state index in [1.807, 2.05) is 0 Å². The monoisotopic (exact) mass is 338 g/mol. The highest BCUT2D eigenvalue weighted by molar-refractivity contribution is 5.66. The number of carbonyl (C=O) groups is 1. The molecule has 134 valence electrons. The summed E-state index contributed by atoms with van der Waals surface area (Å²) in [6.45, 7) is 2.31. The van der Waals surface area contributed by atoms with Crippen LogP contribution >= 0.6 is 0 Å². The lowest BCUT2D eigenvalue weighted by Crippen LogP contribution is -2.62. The fraction of sp³-hybridized carbons (Fsp3) is 0.923. The minimum Gasteiger partial charge on any atom is -0.457 e. The molecule has 0 aromatic rings. The van der Waals surface area contributed by atoms with Crippen molar-refractivity contribution in [2.45, 2.75) is 69.2 Å². The molecule has 0 radical (unpaired) electrons. The Morgan fingerprint density at radius 2 is 1.70 bits per heavy atom.